The molecule has 1 aliphatic carbocycles. The largest absolute Gasteiger partial charge is 0.475 e. The van der Waals surface area contributed by atoms with E-state index in [1.807, 2.05) is 19.1 Å². The van der Waals surface area contributed by atoms with Crippen molar-refractivity contribution in [1.82, 2.24) is 9.97 Å². The van der Waals surface area contributed by atoms with E-state index in [2.05, 4.69) is 15.3 Å². The minimum atomic E-state index is -0.202. The summed E-state index contributed by atoms with van der Waals surface area (Å²) in [6.07, 6.45) is 4.26. The first-order valence-electron chi connectivity index (χ1n) is 6.73. The van der Waals surface area contributed by atoms with E-state index >= 15 is 0 Å². The molecule has 0 spiro atoms. The highest BCUT2D eigenvalue weighted by Crippen LogP contribution is 2.43. The molecule has 0 amide bonds. The quantitative estimate of drug-likeness (QED) is 0.909. The van der Waals surface area contributed by atoms with E-state index < -0.39 is 0 Å². The van der Waals surface area contributed by atoms with E-state index in [4.69, 9.17) is 4.74 Å². The van der Waals surface area contributed by atoms with Gasteiger partial charge in [0.2, 0.25) is 0 Å². The molecule has 2 atom stereocenters. The molecule has 0 radical (unpaired) electrons. The molecule has 20 heavy (non-hydrogen) atoms. The van der Waals surface area contributed by atoms with Crippen LogP contribution in [0.15, 0.2) is 36.7 Å². The maximum atomic E-state index is 12.9. The smallest absolute Gasteiger partial charge is 0.257 e. The third kappa shape index (κ3) is 2.71. The van der Waals surface area contributed by atoms with Gasteiger partial charge < -0.3 is 10.1 Å². The summed E-state index contributed by atoms with van der Waals surface area (Å²) >= 11 is 0. The number of aromatic nitrogens is 2. The zero-order chi connectivity index (χ0) is 13.9. The molecule has 1 aromatic heterocycles. The molecule has 1 aliphatic rings. The second-order valence-corrected chi connectivity index (χ2v) is 4.79. The van der Waals surface area contributed by atoms with E-state index in [0.29, 0.717) is 30.3 Å². The maximum absolute atomic E-state index is 12.9. The van der Waals surface area contributed by atoms with Crippen LogP contribution in [0, 0.1) is 5.82 Å². The van der Waals surface area contributed by atoms with Gasteiger partial charge in [0.25, 0.3) is 5.88 Å². The van der Waals surface area contributed by atoms with Crippen molar-refractivity contribution in [3.05, 3.63) is 48.0 Å². The van der Waals surface area contributed by atoms with Crippen LogP contribution in [0.2, 0.25) is 0 Å². The van der Waals surface area contributed by atoms with Crippen LogP contribution in [0.5, 0.6) is 5.88 Å². The van der Waals surface area contributed by atoms with Gasteiger partial charge in [-0.05, 0) is 31.0 Å². The van der Waals surface area contributed by atoms with Gasteiger partial charge in [-0.3, -0.25) is 0 Å². The second-order valence-electron chi connectivity index (χ2n) is 4.79. The van der Waals surface area contributed by atoms with Gasteiger partial charge in [-0.1, -0.05) is 12.1 Å². The number of anilines is 1. The highest BCUT2D eigenvalue weighted by atomic mass is 19.1. The van der Waals surface area contributed by atoms with E-state index in [1.165, 1.54) is 12.1 Å². The van der Waals surface area contributed by atoms with Crippen molar-refractivity contribution in [3.8, 4) is 5.88 Å². The van der Waals surface area contributed by atoms with Gasteiger partial charge in [0.1, 0.15) is 5.82 Å². The number of ether oxygens (including phenoxy) is 1. The summed E-state index contributed by atoms with van der Waals surface area (Å²) in [7, 11) is 0. The summed E-state index contributed by atoms with van der Waals surface area (Å²) < 4.78 is 18.3. The zero-order valence-corrected chi connectivity index (χ0v) is 11.2. The Labute approximate surface area is 117 Å². The Balaban J connectivity index is 1.67. The van der Waals surface area contributed by atoms with Crippen molar-refractivity contribution in [2.45, 2.75) is 25.3 Å². The fourth-order valence-corrected chi connectivity index (χ4v) is 2.28. The molecule has 1 heterocycles. The summed E-state index contributed by atoms with van der Waals surface area (Å²) in [4.78, 5) is 8.42. The van der Waals surface area contributed by atoms with Crippen molar-refractivity contribution >= 4 is 5.82 Å². The molecular formula is C15H16FN3O. The molecule has 1 aromatic carbocycles. The Bertz CT molecular complexity index is 588. The third-order valence-electron chi connectivity index (χ3n) is 3.36. The van der Waals surface area contributed by atoms with Crippen LogP contribution >= 0.6 is 0 Å². The van der Waals surface area contributed by atoms with E-state index in [1.54, 1.807) is 12.4 Å². The number of hydrogen-bond acceptors (Lipinski definition) is 4. The predicted octanol–water partition coefficient (Wildman–Crippen LogP) is 2.98. The molecule has 1 saturated carbocycles. The maximum Gasteiger partial charge on any atom is 0.257 e. The van der Waals surface area contributed by atoms with E-state index in [9.17, 15) is 4.39 Å². The molecule has 3 rings (SSSR count). The summed E-state index contributed by atoms with van der Waals surface area (Å²) in [5.41, 5.74) is 1.14. The summed E-state index contributed by atoms with van der Waals surface area (Å²) in [5, 5.41) is 3.34. The molecule has 0 bridgehead atoms. The Morgan fingerprint density at radius 3 is 2.75 bits per heavy atom. The number of nitrogens with one attached hydrogen (secondary N) is 1. The third-order valence-corrected chi connectivity index (χ3v) is 3.36. The van der Waals surface area contributed by atoms with Crippen LogP contribution in [-0.4, -0.2) is 22.6 Å². The summed E-state index contributed by atoms with van der Waals surface area (Å²) in [5.74, 6) is 1.39. The minimum absolute atomic E-state index is 0.202. The van der Waals surface area contributed by atoms with Crippen LogP contribution in [0.4, 0.5) is 10.2 Å². The van der Waals surface area contributed by atoms with Gasteiger partial charge in [-0.25, -0.2) is 14.4 Å². The summed E-state index contributed by atoms with van der Waals surface area (Å²) in [6, 6.07) is 6.97. The lowest BCUT2D eigenvalue weighted by molar-refractivity contribution is 0.327. The van der Waals surface area contributed by atoms with Crippen molar-refractivity contribution in [3.63, 3.8) is 0 Å². The van der Waals surface area contributed by atoms with Crippen LogP contribution in [0.25, 0.3) is 0 Å². The molecule has 104 valence electrons. The van der Waals surface area contributed by atoms with Gasteiger partial charge in [0.05, 0.1) is 6.61 Å². The molecule has 2 aromatic rings. The number of halogens is 1. The predicted molar refractivity (Wildman–Crippen MR) is 74.4 cm³/mol. The van der Waals surface area contributed by atoms with E-state index in [0.717, 1.165) is 12.0 Å². The van der Waals surface area contributed by atoms with Gasteiger partial charge in [0.15, 0.2) is 5.82 Å². The fourth-order valence-electron chi connectivity index (χ4n) is 2.28. The molecule has 0 aliphatic heterocycles. The van der Waals surface area contributed by atoms with Crippen LogP contribution in [0.3, 0.4) is 0 Å². The second kappa shape index (κ2) is 5.45. The Hall–Kier alpha value is -2.17. The number of benzene rings is 1. The van der Waals surface area contributed by atoms with Crippen LogP contribution in [0.1, 0.15) is 24.8 Å². The van der Waals surface area contributed by atoms with Crippen LogP contribution < -0.4 is 10.1 Å². The highest BCUT2D eigenvalue weighted by molar-refractivity contribution is 5.48. The SMILES string of the molecule is CCOc1nccnc1N[C@@H]1C[C@H]1c1ccc(F)cc1. The Morgan fingerprint density at radius 2 is 2.00 bits per heavy atom. The molecular weight excluding hydrogens is 257 g/mol. The first-order valence-corrected chi connectivity index (χ1v) is 6.73. The molecule has 4 nitrogen and oxygen atoms in total. The molecule has 5 heteroatoms. The average Bonchev–Trinajstić information content (AvgIpc) is 3.21. The first-order chi connectivity index (χ1) is 9.78. The lowest BCUT2D eigenvalue weighted by Gasteiger charge is -2.09. The van der Waals surface area contributed by atoms with Crippen molar-refractivity contribution in [2.24, 2.45) is 0 Å². The molecule has 0 unspecified atom stereocenters. The topological polar surface area (TPSA) is 47.0 Å². The number of nitrogens with zero attached hydrogens (tertiary/aromatic N) is 2. The lowest BCUT2D eigenvalue weighted by atomic mass is 10.1. The molecule has 1 N–H and O–H groups in total. The minimum Gasteiger partial charge on any atom is -0.475 e. The normalized spacial score (nSPS) is 20.5. The monoisotopic (exact) mass is 273 g/mol. The van der Waals surface area contributed by atoms with Gasteiger partial charge in [-0.15, -0.1) is 0 Å². The average molecular weight is 273 g/mol. The fraction of sp³-hybridized carbons (Fsp3) is 0.333. The first kappa shape index (κ1) is 12.8. The standard InChI is InChI=1S/C15H16FN3O/c1-2-20-15-14(17-7-8-18-15)19-13-9-12(13)10-3-5-11(16)6-4-10/h3-8,12-13H,2,9H2,1H3,(H,17,19)/t12-,13+/m0/s1. The number of hydrogen-bond donors (Lipinski definition) is 1. The lowest BCUT2D eigenvalue weighted by Crippen LogP contribution is -2.09. The number of rotatable bonds is 5. The van der Waals surface area contributed by atoms with Crippen molar-refractivity contribution in [1.29, 1.82) is 0 Å². The zero-order valence-electron chi connectivity index (χ0n) is 11.2. The van der Waals surface area contributed by atoms with Gasteiger partial charge in [0, 0.05) is 24.4 Å². The van der Waals surface area contributed by atoms with E-state index in [-0.39, 0.29) is 5.82 Å². The Kier molecular flexibility index (Phi) is 3.50. The molecule has 1 fully saturated rings. The Morgan fingerprint density at radius 1 is 1.25 bits per heavy atom. The summed E-state index contributed by atoms with van der Waals surface area (Å²) in [6.45, 7) is 2.47. The van der Waals surface area contributed by atoms with Gasteiger partial charge >= 0.3 is 0 Å². The highest BCUT2D eigenvalue weighted by Gasteiger charge is 2.39. The molecule has 0 saturated heterocycles. The van der Waals surface area contributed by atoms with Crippen molar-refractivity contribution in [2.75, 3.05) is 11.9 Å². The van der Waals surface area contributed by atoms with Crippen molar-refractivity contribution < 1.29 is 9.13 Å². The van der Waals surface area contributed by atoms with Crippen LogP contribution in [-0.2, 0) is 0 Å². The van der Waals surface area contributed by atoms with Gasteiger partial charge in [-0.2, -0.15) is 0 Å².